The molecule has 35 heavy (non-hydrogen) atoms. The van der Waals surface area contributed by atoms with E-state index in [2.05, 4.69) is 44.0 Å². The highest BCUT2D eigenvalue weighted by atomic mass is 16.5. The lowest BCUT2D eigenvalue weighted by Gasteiger charge is -2.63. The van der Waals surface area contributed by atoms with Gasteiger partial charge in [0.15, 0.2) is 0 Å². The molecule has 0 atom stereocenters. The molecule has 2 aromatic carbocycles. The van der Waals surface area contributed by atoms with Gasteiger partial charge in [-0.1, -0.05) is 27.7 Å². The van der Waals surface area contributed by atoms with E-state index in [4.69, 9.17) is 4.74 Å². The SMILES string of the molecule is Cc1cc(O[C@H]2C(C)(C)[C@H](NC(=O)c3ccc(N4CCC(CO)CC4)cc3)C2(C)C)ccc1C#N. The molecule has 6 heteroatoms. The van der Waals surface area contributed by atoms with E-state index in [0.717, 1.165) is 42.9 Å². The molecule has 1 saturated heterocycles. The summed E-state index contributed by atoms with van der Waals surface area (Å²) in [4.78, 5) is 15.5. The van der Waals surface area contributed by atoms with Crippen LogP contribution in [0, 0.1) is 35.0 Å². The zero-order valence-corrected chi connectivity index (χ0v) is 21.5. The molecule has 0 spiro atoms. The van der Waals surface area contributed by atoms with Crippen molar-refractivity contribution in [2.45, 2.75) is 59.6 Å². The Bertz CT molecular complexity index is 1090. The molecule has 0 bridgehead atoms. The van der Waals surface area contributed by atoms with Crippen LogP contribution in [0.2, 0.25) is 0 Å². The number of carbonyl (C=O) groups excluding carboxylic acids is 1. The smallest absolute Gasteiger partial charge is 0.251 e. The van der Waals surface area contributed by atoms with Crippen LogP contribution in [-0.2, 0) is 0 Å². The van der Waals surface area contributed by atoms with Crippen molar-refractivity contribution in [3.8, 4) is 11.8 Å². The van der Waals surface area contributed by atoms with Gasteiger partial charge in [-0.25, -0.2) is 0 Å². The predicted octanol–water partition coefficient (Wildman–Crippen LogP) is 4.69. The minimum Gasteiger partial charge on any atom is -0.489 e. The van der Waals surface area contributed by atoms with Gasteiger partial charge in [0.2, 0.25) is 0 Å². The van der Waals surface area contributed by atoms with Gasteiger partial charge in [0, 0.05) is 47.8 Å². The van der Waals surface area contributed by atoms with E-state index in [0.29, 0.717) is 17.0 Å². The largest absolute Gasteiger partial charge is 0.489 e. The first-order valence-electron chi connectivity index (χ1n) is 12.5. The number of rotatable bonds is 6. The lowest BCUT2D eigenvalue weighted by molar-refractivity contribution is -0.164. The fourth-order valence-corrected chi connectivity index (χ4v) is 6.18. The fourth-order valence-electron chi connectivity index (χ4n) is 6.18. The van der Waals surface area contributed by atoms with E-state index in [-0.39, 0.29) is 35.5 Å². The van der Waals surface area contributed by atoms with Crippen LogP contribution in [0.15, 0.2) is 42.5 Å². The van der Waals surface area contributed by atoms with Gasteiger partial charge in [-0.15, -0.1) is 0 Å². The highest BCUT2D eigenvalue weighted by Crippen LogP contribution is 2.55. The first kappa shape index (κ1) is 25.1. The van der Waals surface area contributed by atoms with Crippen LogP contribution in [0.25, 0.3) is 0 Å². The van der Waals surface area contributed by atoms with Crippen molar-refractivity contribution < 1.29 is 14.6 Å². The molecule has 2 N–H and O–H groups in total. The number of nitrogens with one attached hydrogen (secondary N) is 1. The van der Waals surface area contributed by atoms with Gasteiger partial charge in [-0.2, -0.15) is 5.26 Å². The molecule has 1 saturated carbocycles. The van der Waals surface area contributed by atoms with Crippen molar-refractivity contribution in [3.63, 3.8) is 0 Å². The third-order valence-corrected chi connectivity index (χ3v) is 8.05. The average molecular weight is 476 g/mol. The topological polar surface area (TPSA) is 85.6 Å². The van der Waals surface area contributed by atoms with Gasteiger partial charge in [-0.05, 0) is 73.7 Å². The Balaban J connectivity index is 1.40. The number of nitriles is 1. The zero-order chi connectivity index (χ0) is 25.4. The summed E-state index contributed by atoms with van der Waals surface area (Å²) in [5.74, 6) is 1.07. The molecule has 1 heterocycles. The molecule has 0 radical (unpaired) electrons. The van der Waals surface area contributed by atoms with Crippen LogP contribution < -0.4 is 15.0 Å². The number of benzene rings is 2. The number of nitrogens with zero attached hydrogens (tertiary/aromatic N) is 2. The number of hydrogen-bond donors (Lipinski definition) is 2. The van der Waals surface area contributed by atoms with E-state index >= 15 is 0 Å². The Morgan fingerprint density at radius 2 is 1.74 bits per heavy atom. The molecule has 4 rings (SSSR count). The van der Waals surface area contributed by atoms with Crippen molar-refractivity contribution in [1.29, 1.82) is 5.26 Å². The van der Waals surface area contributed by atoms with E-state index in [9.17, 15) is 15.2 Å². The van der Waals surface area contributed by atoms with Crippen molar-refractivity contribution in [1.82, 2.24) is 5.32 Å². The summed E-state index contributed by atoms with van der Waals surface area (Å²) in [6, 6.07) is 15.5. The average Bonchev–Trinajstić information content (AvgIpc) is 2.85. The van der Waals surface area contributed by atoms with E-state index in [1.807, 2.05) is 43.3 Å². The number of aryl methyl sites for hydroxylation is 1. The predicted molar refractivity (Wildman–Crippen MR) is 138 cm³/mol. The lowest BCUT2D eigenvalue weighted by Crippen LogP contribution is -2.74. The third kappa shape index (κ3) is 4.75. The Morgan fingerprint density at radius 1 is 1.11 bits per heavy atom. The summed E-state index contributed by atoms with van der Waals surface area (Å²) in [6.07, 6.45) is 1.91. The van der Waals surface area contributed by atoms with Crippen LogP contribution in [-0.4, -0.2) is 42.9 Å². The van der Waals surface area contributed by atoms with Crippen molar-refractivity contribution in [3.05, 3.63) is 59.2 Å². The second kappa shape index (κ2) is 9.54. The van der Waals surface area contributed by atoms with Crippen LogP contribution in [0.5, 0.6) is 5.75 Å². The summed E-state index contributed by atoms with van der Waals surface area (Å²) in [5.41, 5.74) is 2.78. The zero-order valence-electron chi connectivity index (χ0n) is 21.5. The number of amides is 1. The van der Waals surface area contributed by atoms with Gasteiger partial charge in [-0.3, -0.25) is 4.79 Å². The highest BCUT2D eigenvalue weighted by molar-refractivity contribution is 5.95. The maximum Gasteiger partial charge on any atom is 0.251 e. The van der Waals surface area contributed by atoms with E-state index < -0.39 is 0 Å². The minimum atomic E-state index is -0.266. The summed E-state index contributed by atoms with van der Waals surface area (Å²) in [7, 11) is 0. The molecule has 1 aliphatic heterocycles. The number of ether oxygens (including phenoxy) is 1. The second-order valence-electron chi connectivity index (χ2n) is 11.3. The van der Waals surface area contributed by atoms with Gasteiger partial charge < -0.3 is 20.1 Å². The number of carbonyl (C=O) groups is 1. The molecule has 1 aliphatic carbocycles. The normalized spacial score (nSPS) is 23.2. The van der Waals surface area contributed by atoms with Crippen LogP contribution >= 0.6 is 0 Å². The fraction of sp³-hybridized carbons (Fsp3) is 0.517. The van der Waals surface area contributed by atoms with Gasteiger partial charge in [0.25, 0.3) is 5.91 Å². The third-order valence-electron chi connectivity index (χ3n) is 8.05. The molecule has 2 aliphatic rings. The maximum absolute atomic E-state index is 13.1. The minimum absolute atomic E-state index is 0.0517. The second-order valence-corrected chi connectivity index (χ2v) is 11.3. The molecule has 2 fully saturated rings. The summed E-state index contributed by atoms with van der Waals surface area (Å²) >= 11 is 0. The Labute approximate surface area is 208 Å². The first-order chi connectivity index (χ1) is 16.6. The summed E-state index contributed by atoms with van der Waals surface area (Å²) in [6.45, 7) is 12.6. The molecule has 1 amide bonds. The monoisotopic (exact) mass is 475 g/mol. The highest BCUT2D eigenvalue weighted by Gasteiger charge is 2.64. The van der Waals surface area contributed by atoms with Gasteiger partial charge in [0.1, 0.15) is 11.9 Å². The summed E-state index contributed by atoms with van der Waals surface area (Å²) in [5, 5.41) is 21.8. The molecular formula is C29H37N3O3. The molecular weight excluding hydrogens is 438 g/mol. The van der Waals surface area contributed by atoms with Crippen molar-refractivity contribution in [2.24, 2.45) is 16.7 Å². The lowest BCUT2D eigenvalue weighted by atomic mass is 9.49. The Kier molecular flexibility index (Phi) is 6.83. The molecule has 2 aromatic rings. The number of aliphatic hydroxyl groups is 1. The molecule has 0 aromatic heterocycles. The van der Waals surface area contributed by atoms with Gasteiger partial charge >= 0.3 is 0 Å². The Hall–Kier alpha value is -3.04. The van der Waals surface area contributed by atoms with Crippen molar-refractivity contribution >= 4 is 11.6 Å². The van der Waals surface area contributed by atoms with E-state index in [1.54, 1.807) is 6.07 Å². The Morgan fingerprint density at radius 3 is 2.29 bits per heavy atom. The number of anilines is 1. The van der Waals surface area contributed by atoms with Crippen LogP contribution in [0.1, 0.15) is 62.0 Å². The number of hydrogen-bond acceptors (Lipinski definition) is 5. The van der Waals surface area contributed by atoms with Gasteiger partial charge in [0.05, 0.1) is 11.6 Å². The molecule has 6 nitrogen and oxygen atoms in total. The number of piperidine rings is 1. The standard InChI is InChI=1S/C29H37N3O3/c1-19-16-24(11-8-22(19)17-30)35-27-28(2,3)26(29(27,4)5)31-25(34)21-6-9-23(10-7-21)32-14-12-20(18-33)13-15-32/h6-11,16,20,26-27,33H,12-15,18H2,1-5H3,(H,31,34)/t26-,27-. The molecule has 186 valence electrons. The number of aliphatic hydroxyl groups excluding tert-OH is 1. The first-order valence-corrected chi connectivity index (χ1v) is 12.5. The quantitative estimate of drug-likeness (QED) is 0.633. The van der Waals surface area contributed by atoms with Crippen LogP contribution in [0.3, 0.4) is 0 Å². The van der Waals surface area contributed by atoms with Crippen molar-refractivity contribution in [2.75, 3.05) is 24.6 Å². The summed E-state index contributed by atoms with van der Waals surface area (Å²) < 4.78 is 6.40. The maximum atomic E-state index is 13.1. The van der Waals surface area contributed by atoms with Crippen LogP contribution in [0.4, 0.5) is 5.69 Å². The molecule has 0 unspecified atom stereocenters. The van der Waals surface area contributed by atoms with E-state index in [1.165, 1.54) is 0 Å².